The first-order chi connectivity index (χ1) is 9.94. The SMILES string of the molecule is Cc1nc(Nc2cc(Cl)cc(Cl)c2)sc1CCO[N+](=O)[O-]. The molecule has 1 N–H and O–H groups in total. The lowest BCUT2D eigenvalue weighted by molar-refractivity contribution is -0.757. The van der Waals surface area contributed by atoms with Crippen molar-refractivity contribution in [1.29, 1.82) is 0 Å². The molecule has 112 valence electrons. The molecule has 0 amide bonds. The van der Waals surface area contributed by atoms with Crippen LogP contribution in [0.15, 0.2) is 18.2 Å². The van der Waals surface area contributed by atoms with Gasteiger partial charge in [-0.1, -0.05) is 23.2 Å². The molecule has 2 rings (SSSR count). The summed E-state index contributed by atoms with van der Waals surface area (Å²) < 4.78 is 0. The summed E-state index contributed by atoms with van der Waals surface area (Å²) in [7, 11) is 0. The Morgan fingerprint density at radius 1 is 1.38 bits per heavy atom. The Kier molecular flexibility index (Phi) is 5.22. The van der Waals surface area contributed by atoms with Crippen molar-refractivity contribution in [2.75, 3.05) is 11.9 Å². The summed E-state index contributed by atoms with van der Waals surface area (Å²) in [5, 5.41) is 14.1. The fourth-order valence-corrected chi connectivity index (χ4v) is 3.17. The van der Waals surface area contributed by atoms with Crippen LogP contribution in [0.25, 0.3) is 0 Å². The highest BCUT2D eigenvalue weighted by molar-refractivity contribution is 7.15. The Morgan fingerprint density at radius 2 is 2.05 bits per heavy atom. The third-order valence-electron chi connectivity index (χ3n) is 2.53. The normalized spacial score (nSPS) is 10.4. The molecule has 1 heterocycles. The Morgan fingerprint density at radius 3 is 2.67 bits per heavy atom. The molecule has 9 heteroatoms. The Bertz CT molecular complexity index is 643. The van der Waals surface area contributed by atoms with Crippen molar-refractivity contribution in [2.24, 2.45) is 0 Å². The highest BCUT2D eigenvalue weighted by Gasteiger charge is 2.09. The van der Waals surface area contributed by atoms with Crippen molar-refractivity contribution < 1.29 is 9.92 Å². The van der Waals surface area contributed by atoms with Gasteiger partial charge in [-0.25, -0.2) is 4.98 Å². The van der Waals surface area contributed by atoms with Crippen LogP contribution >= 0.6 is 34.5 Å². The molecule has 21 heavy (non-hydrogen) atoms. The summed E-state index contributed by atoms with van der Waals surface area (Å²) in [5.74, 6) is 0. The van der Waals surface area contributed by atoms with E-state index in [-0.39, 0.29) is 6.61 Å². The van der Waals surface area contributed by atoms with E-state index in [2.05, 4.69) is 15.1 Å². The number of benzene rings is 1. The third-order valence-corrected chi connectivity index (χ3v) is 4.10. The summed E-state index contributed by atoms with van der Waals surface area (Å²) in [6.45, 7) is 1.85. The third kappa shape index (κ3) is 4.73. The molecule has 0 aliphatic carbocycles. The second-order valence-electron chi connectivity index (χ2n) is 4.12. The number of hydrogen-bond donors (Lipinski definition) is 1. The van der Waals surface area contributed by atoms with Gasteiger partial charge < -0.3 is 10.2 Å². The number of nitrogens with zero attached hydrogens (tertiary/aromatic N) is 2. The van der Waals surface area contributed by atoms with E-state index in [1.807, 2.05) is 6.92 Å². The molecular formula is C12H11Cl2N3O3S. The van der Waals surface area contributed by atoms with Crippen LogP contribution in [-0.4, -0.2) is 16.7 Å². The van der Waals surface area contributed by atoms with E-state index in [0.29, 0.717) is 21.6 Å². The minimum atomic E-state index is -0.802. The number of rotatable bonds is 6. The number of thiazole rings is 1. The van der Waals surface area contributed by atoms with Crippen LogP contribution in [0.3, 0.4) is 0 Å². The fourth-order valence-electron chi connectivity index (χ4n) is 1.68. The molecule has 0 radical (unpaired) electrons. The number of nitrogens with one attached hydrogen (secondary N) is 1. The molecule has 1 aromatic heterocycles. The Balaban J connectivity index is 2.05. The molecule has 0 aliphatic heterocycles. The van der Waals surface area contributed by atoms with Gasteiger partial charge in [0.25, 0.3) is 5.09 Å². The van der Waals surface area contributed by atoms with Crippen molar-refractivity contribution in [3.05, 3.63) is 48.9 Å². The van der Waals surface area contributed by atoms with Gasteiger partial charge in [-0.3, -0.25) is 0 Å². The molecule has 0 fully saturated rings. The van der Waals surface area contributed by atoms with Gasteiger partial charge in [0, 0.05) is 27.0 Å². The molecular weight excluding hydrogens is 337 g/mol. The molecule has 6 nitrogen and oxygen atoms in total. The molecule has 0 unspecified atom stereocenters. The van der Waals surface area contributed by atoms with Crippen molar-refractivity contribution in [1.82, 2.24) is 4.98 Å². The Labute approximate surface area is 134 Å². The lowest BCUT2D eigenvalue weighted by atomic mass is 10.3. The lowest BCUT2D eigenvalue weighted by Gasteiger charge is -2.03. The largest absolute Gasteiger partial charge is 0.331 e. The average molecular weight is 348 g/mol. The van der Waals surface area contributed by atoms with Crippen molar-refractivity contribution in [3.8, 4) is 0 Å². The number of aromatic nitrogens is 1. The maximum atomic E-state index is 10.1. The van der Waals surface area contributed by atoms with Crippen molar-refractivity contribution >= 4 is 45.4 Å². The summed E-state index contributed by atoms with van der Waals surface area (Å²) in [4.78, 5) is 19.7. The first-order valence-corrected chi connectivity index (χ1v) is 7.48. The van der Waals surface area contributed by atoms with E-state index in [1.165, 1.54) is 11.3 Å². The topological polar surface area (TPSA) is 77.3 Å². The summed E-state index contributed by atoms with van der Waals surface area (Å²) in [5.41, 5.74) is 1.54. The number of aryl methyl sites for hydroxylation is 1. The van der Waals surface area contributed by atoms with E-state index < -0.39 is 5.09 Å². The zero-order valence-corrected chi connectivity index (χ0v) is 13.3. The van der Waals surface area contributed by atoms with Crippen LogP contribution in [0.1, 0.15) is 10.6 Å². The quantitative estimate of drug-likeness (QED) is 0.624. The number of anilines is 2. The maximum Gasteiger partial charge on any atom is 0.294 e. The van der Waals surface area contributed by atoms with E-state index in [4.69, 9.17) is 23.2 Å². The van der Waals surface area contributed by atoms with Gasteiger partial charge in [0.05, 0.1) is 5.69 Å². The monoisotopic (exact) mass is 347 g/mol. The minimum Gasteiger partial charge on any atom is -0.331 e. The second kappa shape index (κ2) is 6.93. The number of halogens is 2. The first-order valence-electron chi connectivity index (χ1n) is 5.91. The first kappa shape index (κ1) is 15.8. The van der Waals surface area contributed by atoms with Crippen LogP contribution in [0.4, 0.5) is 10.8 Å². The molecule has 0 saturated heterocycles. The molecule has 0 spiro atoms. The van der Waals surface area contributed by atoms with Gasteiger partial charge in [0.1, 0.15) is 6.61 Å². The molecule has 0 aliphatic rings. The van der Waals surface area contributed by atoms with Crippen LogP contribution in [-0.2, 0) is 11.3 Å². The fraction of sp³-hybridized carbons (Fsp3) is 0.250. The van der Waals surface area contributed by atoms with Gasteiger partial charge in [-0.15, -0.1) is 21.5 Å². The number of hydrogen-bond acceptors (Lipinski definition) is 6. The highest BCUT2D eigenvalue weighted by Crippen LogP contribution is 2.29. The summed E-state index contributed by atoms with van der Waals surface area (Å²) >= 11 is 13.3. The predicted octanol–water partition coefficient (Wildman–Crippen LogP) is 4.25. The van der Waals surface area contributed by atoms with E-state index in [9.17, 15) is 10.1 Å². The van der Waals surface area contributed by atoms with Crippen LogP contribution < -0.4 is 5.32 Å². The van der Waals surface area contributed by atoms with Gasteiger partial charge in [-0.05, 0) is 25.1 Å². The predicted molar refractivity (Wildman–Crippen MR) is 83.2 cm³/mol. The van der Waals surface area contributed by atoms with Crippen molar-refractivity contribution in [3.63, 3.8) is 0 Å². The van der Waals surface area contributed by atoms with Crippen LogP contribution in [0, 0.1) is 17.0 Å². The van der Waals surface area contributed by atoms with Crippen LogP contribution in [0.2, 0.25) is 10.0 Å². The van der Waals surface area contributed by atoms with E-state index >= 15 is 0 Å². The standard InChI is InChI=1S/C12H11Cl2N3O3S/c1-7-11(2-3-20-17(18)19)21-12(15-7)16-10-5-8(13)4-9(14)6-10/h4-6H,2-3H2,1H3,(H,15,16). The van der Waals surface area contributed by atoms with Gasteiger partial charge >= 0.3 is 0 Å². The average Bonchev–Trinajstić information content (AvgIpc) is 2.67. The zero-order chi connectivity index (χ0) is 15.4. The summed E-state index contributed by atoms with van der Waals surface area (Å²) in [6, 6.07) is 5.11. The van der Waals surface area contributed by atoms with Gasteiger partial charge in [0.15, 0.2) is 5.13 Å². The maximum absolute atomic E-state index is 10.1. The lowest BCUT2D eigenvalue weighted by Crippen LogP contribution is -2.04. The molecule has 0 atom stereocenters. The molecule has 1 aromatic carbocycles. The van der Waals surface area contributed by atoms with Gasteiger partial charge in [0.2, 0.25) is 0 Å². The van der Waals surface area contributed by atoms with E-state index in [0.717, 1.165) is 16.3 Å². The smallest absolute Gasteiger partial charge is 0.294 e. The highest BCUT2D eigenvalue weighted by atomic mass is 35.5. The van der Waals surface area contributed by atoms with Gasteiger partial charge in [-0.2, -0.15) is 0 Å². The molecule has 0 bridgehead atoms. The van der Waals surface area contributed by atoms with Crippen LogP contribution in [0.5, 0.6) is 0 Å². The minimum absolute atomic E-state index is 0.0124. The van der Waals surface area contributed by atoms with E-state index in [1.54, 1.807) is 18.2 Å². The second-order valence-corrected chi connectivity index (χ2v) is 6.07. The molecule has 0 saturated carbocycles. The Hall–Kier alpha value is -1.57. The summed E-state index contributed by atoms with van der Waals surface area (Å²) in [6.07, 6.45) is 0.433. The molecule has 2 aromatic rings. The zero-order valence-electron chi connectivity index (χ0n) is 10.9. The van der Waals surface area contributed by atoms with Crippen molar-refractivity contribution in [2.45, 2.75) is 13.3 Å².